The summed E-state index contributed by atoms with van der Waals surface area (Å²) in [7, 11) is 0. The van der Waals surface area contributed by atoms with Gasteiger partial charge in [0, 0.05) is 11.0 Å². The minimum absolute atomic E-state index is 0.0782. The maximum atomic E-state index is 13.9. The van der Waals surface area contributed by atoms with E-state index in [1.165, 1.54) is 12.8 Å². The predicted octanol–water partition coefficient (Wildman–Crippen LogP) is 4.55. The Bertz CT molecular complexity index is 431. The summed E-state index contributed by atoms with van der Waals surface area (Å²) >= 11 is 3.44. The van der Waals surface area contributed by atoms with Crippen LogP contribution >= 0.6 is 15.9 Å². The van der Waals surface area contributed by atoms with Crippen LogP contribution in [0.1, 0.15) is 38.7 Å². The Balaban J connectivity index is 2.09. The molecule has 1 aromatic rings. The van der Waals surface area contributed by atoms with Crippen molar-refractivity contribution < 1.29 is 4.39 Å². The molecule has 106 valence electrons. The van der Waals surface area contributed by atoms with Crippen LogP contribution in [0.3, 0.4) is 0 Å². The predicted molar refractivity (Wildman–Crippen MR) is 81.8 cm³/mol. The minimum Gasteiger partial charge on any atom is -0.316 e. The number of rotatable bonds is 7. The molecule has 2 rings (SSSR count). The van der Waals surface area contributed by atoms with Gasteiger partial charge in [0.2, 0.25) is 0 Å². The summed E-state index contributed by atoms with van der Waals surface area (Å²) < 4.78 is 14.9. The highest BCUT2D eigenvalue weighted by Crippen LogP contribution is 2.47. The van der Waals surface area contributed by atoms with Crippen LogP contribution in [0.5, 0.6) is 0 Å². The van der Waals surface area contributed by atoms with Crippen LogP contribution in [-0.4, -0.2) is 13.1 Å². The lowest BCUT2D eigenvalue weighted by atomic mass is 9.78. The van der Waals surface area contributed by atoms with Gasteiger partial charge in [0.15, 0.2) is 0 Å². The van der Waals surface area contributed by atoms with Crippen LogP contribution in [-0.2, 0) is 6.42 Å². The highest BCUT2D eigenvalue weighted by atomic mass is 79.9. The second-order valence-corrected chi connectivity index (χ2v) is 6.93. The first kappa shape index (κ1) is 15.0. The average molecular weight is 328 g/mol. The molecule has 19 heavy (non-hydrogen) atoms. The normalized spacial score (nSPS) is 18.3. The standard InChI is InChI=1S/C16H23BrFN/c1-3-8-19-11-16(2,13-4-5-13)10-12-9-14(17)6-7-15(12)18/h6-7,9,13,19H,3-5,8,10-11H2,1-2H3. The van der Waals surface area contributed by atoms with Crippen molar-refractivity contribution in [2.24, 2.45) is 11.3 Å². The number of hydrogen-bond acceptors (Lipinski definition) is 1. The van der Waals surface area contributed by atoms with E-state index in [-0.39, 0.29) is 11.2 Å². The van der Waals surface area contributed by atoms with E-state index in [2.05, 4.69) is 35.1 Å². The molecule has 1 aliphatic rings. The lowest BCUT2D eigenvalue weighted by Crippen LogP contribution is -2.36. The first-order chi connectivity index (χ1) is 9.05. The molecule has 1 aromatic carbocycles. The third-order valence-electron chi connectivity index (χ3n) is 4.12. The van der Waals surface area contributed by atoms with Crippen molar-refractivity contribution in [2.45, 2.75) is 39.5 Å². The van der Waals surface area contributed by atoms with Gasteiger partial charge in [-0.2, -0.15) is 0 Å². The molecule has 0 amide bonds. The van der Waals surface area contributed by atoms with Crippen LogP contribution < -0.4 is 5.32 Å². The second-order valence-electron chi connectivity index (χ2n) is 6.02. The summed E-state index contributed by atoms with van der Waals surface area (Å²) in [6.07, 6.45) is 4.55. The third kappa shape index (κ3) is 4.03. The summed E-state index contributed by atoms with van der Waals surface area (Å²) in [5.74, 6) is 0.667. The van der Waals surface area contributed by atoms with Gasteiger partial charge in [0.05, 0.1) is 0 Å². The molecular weight excluding hydrogens is 305 g/mol. The fourth-order valence-electron chi connectivity index (χ4n) is 2.80. The summed E-state index contributed by atoms with van der Waals surface area (Å²) in [6, 6.07) is 5.25. The zero-order chi connectivity index (χ0) is 13.9. The van der Waals surface area contributed by atoms with E-state index in [1.54, 1.807) is 12.1 Å². The molecule has 0 aromatic heterocycles. The van der Waals surface area contributed by atoms with Gasteiger partial charge in [-0.05, 0) is 67.3 Å². The molecular formula is C16H23BrFN. The minimum atomic E-state index is -0.0782. The summed E-state index contributed by atoms with van der Waals surface area (Å²) in [4.78, 5) is 0. The number of benzene rings is 1. The SMILES string of the molecule is CCCNCC(C)(Cc1cc(Br)ccc1F)C1CC1. The maximum absolute atomic E-state index is 13.9. The van der Waals surface area contributed by atoms with Gasteiger partial charge in [-0.1, -0.05) is 29.8 Å². The zero-order valence-electron chi connectivity index (χ0n) is 11.8. The Labute approximate surface area is 124 Å². The van der Waals surface area contributed by atoms with Gasteiger partial charge in [0.25, 0.3) is 0 Å². The van der Waals surface area contributed by atoms with E-state index in [0.717, 1.165) is 41.9 Å². The van der Waals surface area contributed by atoms with Gasteiger partial charge in [0.1, 0.15) is 5.82 Å². The smallest absolute Gasteiger partial charge is 0.126 e. The van der Waals surface area contributed by atoms with E-state index in [1.807, 2.05) is 6.07 Å². The molecule has 0 radical (unpaired) electrons. The molecule has 1 saturated carbocycles. The molecule has 0 heterocycles. The van der Waals surface area contributed by atoms with Crippen molar-refractivity contribution in [3.63, 3.8) is 0 Å². The second kappa shape index (κ2) is 6.36. The molecule has 1 aliphatic carbocycles. The summed E-state index contributed by atoms with van der Waals surface area (Å²) in [5.41, 5.74) is 1.01. The Morgan fingerprint density at radius 2 is 2.16 bits per heavy atom. The molecule has 0 aliphatic heterocycles. The highest BCUT2D eigenvalue weighted by Gasteiger charge is 2.41. The van der Waals surface area contributed by atoms with E-state index in [0.29, 0.717) is 0 Å². The van der Waals surface area contributed by atoms with Crippen molar-refractivity contribution in [3.05, 3.63) is 34.1 Å². The zero-order valence-corrected chi connectivity index (χ0v) is 13.4. The number of halogens is 2. The third-order valence-corrected chi connectivity index (χ3v) is 4.61. The van der Waals surface area contributed by atoms with Crippen molar-refractivity contribution >= 4 is 15.9 Å². The van der Waals surface area contributed by atoms with E-state index >= 15 is 0 Å². The monoisotopic (exact) mass is 327 g/mol. The topological polar surface area (TPSA) is 12.0 Å². The Kier molecular flexibility index (Phi) is 5.02. The van der Waals surface area contributed by atoms with Crippen LogP contribution in [0.15, 0.2) is 22.7 Å². The molecule has 1 atom stereocenters. The Hall–Kier alpha value is -0.410. The molecule has 1 nitrogen and oxygen atoms in total. The lowest BCUT2D eigenvalue weighted by molar-refractivity contribution is 0.253. The van der Waals surface area contributed by atoms with E-state index in [9.17, 15) is 4.39 Å². The molecule has 1 N–H and O–H groups in total. The van der Waals surface area contributed by atoms with Crippen molar-refractivity contribution in [1.82, 2.24) is 5.32 Å². The summed E-state index contributed by atoms with van der Waals surface area (Å²) in [6.45, 7) is 6.50. The molecule has 1 unspecified atom stereocenters. The van der Waals surface area contributed by atoms with Gasteiger partial charge in [-0.25, -0.2) is 4.39 Å². The first-order valence-electron chi connectivity index (χ1n) is 7.20. The van der Waals surface area contributed by atoms with Crippen molar-refractivity contribution in [1.29, 1.82) is 0 Å². The molecule has 0 saturated heterocycles. The van der Waals surface area contributed by atoms with Crippen LogP contribution in [0, 0.1) is 17.2 Å². The van der Waals surface area contributed by atoms with Gasteiger partial charge in [-0.3, -0.25) is 0 Å². The van der Waals surface area contributed by atoms with Gasteiger partial charge >= 0.3 is 0 Å². The number of hydrogen-bond donors (Lipinski definition) is 1. The van der Waals surface area contributed by atoms with Crippen LogP contribution in [0.2, 0.25) is 0 Å². The number of nitrogens with one attached hydrogen (secondary N) is 1. The lowest BCUT2D eigenvalue weighted by Gasteiger charge is -2.30. The summed E-state index contributed by atoms with van der Waals surface area (Å²) in [5, 5.41) is 3.52. The van der Waals surface area contributed by atoms with Crippen LogP contribution in [0.25, 0.3) is 0 Å². The average Bonchev–Trinajstić information content (AvgIpc) is 3.19. The highest BCUT2D eigenvalue weighted by molar-refractivity contribution is 9.10. The Morgan fingerprint density at radius 3 is 2.79 bits per heavy atom. The first-order valence-corrected chi connectivity index (χ1v) is 7.99. The molecule has 3 heteroatoms. The van der Waals surface area contributed by atoms with E-state index < -0.39 is 0 Å². The fourth-order valence-corrected chi connectivity index (χ4v) is 3.20. The van der Waals surface area contributed by atoms with Crippen molar-refractivity contribution in [3.8, 4) is 0 Å². The van der Waals surface area contributed by atoms with E-state index in [4.69, 9.17) is 0 Å². The quantitative estimate of drug-likeness (QED) is 0.724. The molecule has 0 spiro atoms. The fraction of sp³-hybridized carbons (Fsp3) is 0.625. The Morgan fingerprint density at radius 1 is 1.42 bits per heavy atom. The van der Waals surface area contributed by atoms with Crippen LogP contribution in [0.4, 0.5) is 4.39 Å². The van der Waals surface area contributed by atoms with Gasteiger partial charge in [-0.15, -0.1) is 0 Å². The maximum Gasteiger partial charge on any atom is 0.126 e. The molecule has 0 bridgehead atoms. The largest absolute Gasteiger partial charge is 0.316 e. The van der Waals surface area contributed by atoms with Crippen molar-refractivity contribution in [2.75, 3.05) is 13.1 Å². The molecule has 1 fully saturated rings. The van der Waals surface area contributed by atoms with Gasteiger partial charge < -0.3 is 5.32 Å².